The number of methoxy groups -OCH3 is 1. The summed E-state index contributed by atoms with van der Waals surface area (Å²) in [5, 5.41) is 10.6. The third-order valence-electron chi connectivity index (χ3n) is 3.83. The standard InChI is InChI=1S/C13H24N2O4/c1-18-7-2-12(16)15-4-3-13(17,11-15)10-14-5-8-19-9-6-14/h17H,2-11H2,1H3. The van der Waals surface area contributed by atoms with Crippen LogP contribution in [0.3, 0.4) is 0 Å². The van der Waals surface area contributed by atoms with E-state index < -0.39 is 5.60 Å². The molecule has 0 aromatic rings. The first kappa shape index (κ1) is 14.7. The van der Waals surface area contributed by atoms with Gasteiger partial charge in [0.15, 0.2) is 0 Å². The lowest BCUT2D eigenvalue weighted by molar-refractivity contribution is -0.132. The molecule has 2 fully saturated rings. The van der Waals surface area contributed by atoms with Gasteiger partial charge in [0.1, 0.15) is 0 Å². The zero-order valence-corrected chi connectivity index (χ0v) is 11.6. The number of hydrogen-bond acceptors (Lipinski definition) is 5. The van der Waals surface area contributed by atoms with E-state index in [2.05, 4.69) is 4.90 Å². The summed E-state index contributed by atoms with van der Waals surface area (Å²) in [5.41, 5.74) is -0.764. The van der Waals surface area contributed by atoms with Crippen molar-refractivity contribution in [2.75, 3.05) is 59.7 Å². The van der Waals surface area contributed by atoms with Gasteiger partial charge in [-0.3, -0.25) is 9.69 Å². The van der Waals surface area contributed by atoms with Crippen molar-refractivity contribution >= 4 is 5.91 Å². The first-order valence-corrected chi connectivity index (χ1v) is 6.92. The number of amides is 1. The maximum absolute atomic E-state index is 11.9. The van der Waals surface area contributed by atoms with Crippen LogP contribution in [0.1, 0.15) is 12.8 Å². The third kappa shape index (κ3) is 4.14. The topological polar surface area (TPSA) is 62.2 Å². The van der Waals surface area contributed by atoms with E-state index in [9.17, 15) is 9.90 Å². The van der Waals surface area contributed by atoms with Gasteiger partial charge in [-0.1, -0.05) is 0 Å². The summed E-state index contributed by atoms with van der Waals surface area (Å²) in [5.74, 6) is 0.0692. The van der Waals surface area contributed by atoms with Crippen LogP contribution < -0.4 is 0 Å². The van der Waals surface area contributed by atoms with Gasteiger partial charge >= 0.3 is 0 Å². The Kier molecular flexibility index (Phi) is 5.15. The molecule has 1 amide bonds. The van der Waals surface area contributed by atoms with Crippen LogP contribution >= 0.6 is 0 Å². The summed E-state index contributed by atoms with van der Waals surface area (Å²) in [4.78, 5) is 15.8. The predicted molar refractivity (Wildman–Crippen MR) is 69.9 cm³/mol. The average molecular weight is 272 g/mol. The maximum Gasteiger partial charge on any atom is 0.224 e. The molecule has 1 atom stereocenters. The van der Waals surface area contributed by atoms with Crippen LogP contribution in [-0.2, 0) is 14.3 Å². The van der Waals surface area contributed by atoms with Gasteiger partial charge < -0.3 is 19.5 Å². The molecular weight excluding hydrogens is 248 g/mol. The number of carbonyl (C=O) groups excluding carboxylic acids is 1. The van der Waals surface area contributed by atoms with E-state index in [1.165, 1.54) is 0 Å². The zero-order valence-electron chi connectivity index (χ0n) is 11.6. The quantitative estimate of drug-likeness (QED) is 0.718. The van der Waals surface area contributed by atoms with Crippen LogP contribution in [0.2, 0.25) is 0 Å². The van der Waals surface area contributed by atoms with Crippen LogP contribution in [0, 0.1) is 0 Å². The lowest BCUT2D eigenvalue weighted by Crippen LogP contribution is -2.49. The van der Waals surface area contributed by atoms with Crippen molar-refractivity contribution in [2.24, 2.45) is 0 Å². The number of aliphatic hydroxyl groups is 1. The van der Waals surface area contributed by atoms with Gasteiger partial charge in [-0.05, 0) is 6.42 Å². The fourth-order valence-electron chi connectivity index (χ4n) is 2.72. The van der Waals surface area contributed by atoms with Gasteiger partial charge in [0.25, 0.3) is 0 Å². The Labute approximate surface area is 114 Å². The Morgan fingerprint density at radius 1 is 1.37 bits per heavy atom. The minimum atomic E-state index is -0.764. The molecule has 0 spiro atoms. The SMILES string of the molecule is COCCC(=O)N1CCC(O)(CN2CCOCC2)C1. The van der Waals surface area contributed by atoms with E-state index >= 15 is 0 Å². The Hall–Kier alpha value is -0.690. The van der Waals surface area contributed by atoms with E-state index in [-0.39, 0.29) is 5.91 Å². The summed E-state index contributed by atoms with van der Waals surface area (Å²) in [6.07, 6.45) is 1.05. The highest BCUT2D eigenvalue weighted by atomic mass is 16.5. The highest BCUT2D eigenvalue weighted by Gasteiger charge is 2.39. The number of rotatable bonds is 5. The number of nitrogens with zero attached hydrogens (tertiary/aromatic N) is 2. The van der Waals surface area contributed by atoms with E-state index in [1.54, 1.807) is 12.0 Å². The van der Waals surface area contributed by atoms with Crippen LogP contribution in [-0.4, -0.2) is 86.1 Å². The molecule has 6 heteroatoms. The van der Waals surface area contributed by atoms with Crippen LogP contribution in [0.5, 0.6) is 0 Å². The van der Waals surface area contributed by atoms with Crippen molar-refractivity contribution in [1.29, 1.82) is 0 Å². The maximum atomic E-state index is 11.9. The Bertz CT molecular complexity index is 307. The second-order valence-electron chi connectivity index (χ2n) is 5.42. The van der Waals surface area contributed by atoms with Crippen molar-refractivity contribution in [3.05, 3.63) is 0 Å². The fraction of sp³-hybridized carbons (Fsp3) is 0.923. The largest absolute Gasteiger partial charge is 0.387 e. The number of morpholine rings is 1. The molecule has 2 aliphatic heterocycles. The molecule has 6 nitrogen and oxygen atoms in total. The highest BCUT2D eigenvalue weighted by Crippen LogP contribution is 2.23. The molecule has 19 heavy (non-hydrogen) atoms. The molecule has 0 saturated carbocycles. The molecule has 1 unspecified atom stereocenters. The van der Waals surface area contributed by atoms with Crippen molar-refractivity contribution in [3.8, 4) is 0 Å². The monoisotopic (exact) mass is 272 g/mol. The lowest BCUT2D eigenvalue weighted by atomic mass is 10.0. The number of ether oxygens (including phenoxy) is 2. The number of likely N-dealkylation sites (tertiary alicyclic amines) is 1. The molecule has 2 saturated heterocycles. The lowest BCUT2D eigenvalue weighted by Gasteiger charge is -2.33. The van der Waals surface area contributed by atoms with Gasteiger partial charge in [-0.25, -0.2) is 0 Å². The van der Waals surface area contributed by atoms with Crippen molar-refractivity contribution in [1.82, 2.24) is 9.80 Å². The molecular formula is C13H24N2O4. The van der Waals surface area contributed by atoms with E-state index in [0.717, 1.165) is 26.3 Å². The van der Waals surface area contributed by atoms with Crippen molar-refractivity contribution in [2.45, 2.75) is 18.4 Å². The van der Waals surface area contributed by atoms with Crippen molar-refractivity contribution < 1.29 is 19.4 Å². The van der Waals surface area contributed by atoms with E-state index in [0.29, 0.717) is 39.1 Å². The van der Waals surface area contributed by atoms with Crippen molar-refractivity contribution in [3.63, 3.8) is 0 Å². The summed E-state index contributed by atoms with van der Waals surface area (Å²) in [6.45, 7) is 5.33. The Morgan fingerprint density at radius 2 is 2.11 bits per heavy atom. The van der Waals surface area contributed by atoms with Crippen LogP contribution in [0.4, 0.5) is 0 Å². The third-order valence-corrected chi connectivity index (χ3v) is 3.83. The number of hydrogen-bond donors (Lipinski definition) is 1. The van der Waals surface area contributed by atoms with E-state index in [4.69, 9.17) is 9.47 Å². The molecule has 0 aromatic carbocycles. The number of carbonyl (C=O) groups is 1. The molecule has 2 heterocycles. The molecule has 1 N–H and O–H groups in total. The highest BCUT2D eigenvalue weighted by molar-refractivity contribution is 5.76. The molecule has 0 bridgehead atoms. The summed E-state index contributed by atoms with van der Waals surface area (Å²) >= 11 is 0. The Balaban J connectivity index is 1.80. The second kappa shape index (κ2) is 6.65. The fourth-order valence-corrected chi connectivity index (χ4v) is 2.72. The van der Waals surface area contributed by atoms with Gasteiger partial charge in [-0.15, -0.1) is 0 Å². The summed E-state index contributed by atoms with van der Waals surface area (Å²) < 4.78 is 10.2. The summed E-state index contributed by atoms with van der Waals surface area (Å²) in [7, 11) is 1.59. The van der Waals surface area contributed by atoms with Gasteiger partial charge in [-0.2, -0.15) is 0 Å². The van der Waals surface area contributed by atoms with Gasteiger partial charge in [0.2, 0.25) is 5.91 Å². The molecule has 2 rings (SSSR count). The van der Waals surface area contributed by atoms with E-state index in [1.807, 2.05) is 0 Å². The normalized spacial score (nSPS) is 28.8. The van der Waals surface area contributed by atoms with Gasteiger partial charge in [0.05, 0.1) is 38.4 Å². The summed E-state index contributed by atoms with van der Waals surface area (Å²) in [6, 6.07) is 0. The molecule has 0 radical (unpaired) electrons. The minimum Gasteiger partial charge on any atom is -0.387 e. The average Bonchev–Trinajstić information content (AvgIpc) is 2.79. The van der Waals surface area contributed by atoms with Crippen LogP contribution in [0.25, 0.3) is 0 Å². The van der Waals surface area contributed by atoms with Crippen LogP contribution in [0.15, 0.2) is 0 Å². The predicted octanol–water partition coefficient (Wildman–Crippen LogP) is -0.681. The molecule has 0 aliphatic carbocycles. The first-order chi connectivity index (χ1) is 9.13. The minimum absolute atomic E-state index is 0.0692. The Morgan fingerprint density at radius 3 is 2.79 bits per heavy atom. The number of β-amino-alcohol motifs (C(OH)–C–C–N with tert-alkyl or cyclic N) is 1. The second-order valence-corrected chi connectivity index (χ2v) is 5.42. The molecule has 2 aliphatic rings. The molecule has 0 aromatic heterocycles. The van der Waals surface area contributed by atoms with Gasteiger partial charge in [0, 0.05) is 33.3 Å². The zero-order chi connectivity index (χ0) is 13.7. The first-order valence-electron chi connectivity index (χ1n) is 6.92. The smallest absolute Gasteiger partial charge is 0.224 e. The molecule has 110 valence electrons.